The number of hydrogen-bond acceptors (Lipinski definition) is 4. The van der Waals surface area contributed by atoms with Gasteiger partial charge in [-0.3, -0.25) is 4.79 Å². The second-order valence-corrected chi connectivity index (χ2v) is 9.92. The number of carbonyl (C=O) groups is 2. The van der Waals surface area contributed by atoms with Crippen LogP contribution in [0.2, 0.25) is 5.02 Å². The number of nitrogens with one attached hydrogen (secondary N) is 2. The van der Waals surface area contributed by atoms with Crippen molar-refractivity contribution < 1.29 is 14.3 Å². The maximum absolute atomic E-state index is 13.3. The number of aromatic amines is 1. The summed E-state index contributed by atoms with van der Waals surface area (Å²) in [6.45, 7) is 2.01. The zero-order chi connectivity index (χ0) is 26.6. The number of nitrogens with zero attached hydrogens (tertiary/aromatic N) is 1. The van der Waals surface area contributed by atoms with Crippen molar-refractivity contribution in [1.29, 1.82) is 0 Å². The van der Waals surface area contributed by atoms with Crippen LogP contribution < -0.4 is 10.2 Å². The zero-order valence-electron chi connectivity index (χ0n) is 20.2. The third-order valence-corrected chi connectivity index (χ3v) is 6.61. The molecular formula is C30H21BrClN3O3. The number of rotatable bonds is 6. The summed E-state index contributed by atoms with van der Waals surface area (Å²) in [6, 6.07) is 27.3. The Morgan fingerprint density at radius 1 is 0.974 bits per heavy atom. The minimum absolute atomic E-state index is 0.289. The third kappa shape index (κ3) is 5.54. The molecule has 8 heteroatoms. The summed E-state index contributed by atoms with van der Waals surface area (Å²) in [4.78, 5) is 29.1. The van der Waals surface area contributed by atoms with Gasteiger partial charge in [0.25, 0.3) is 5.91 Å². The van der Waals surface area contributed by atoms with Crippen molar-refractivity contribution in [2.45, 2.75) is 6.92 Å². The van der Waals surface area contributed by atoms with Gasteiger partial charge in [0.1, 0.15) is 11.4 Å². The van der Waals surface area contributed by atoms with Gasteiger partial charge in [0.05, 0.1) is 11.8 Å². The summed E-state index contributed by atoms with van der Waals surface area (Å²) in [6.07, 6.45) is 1.43. The fraction of sp³-hybridized carbons (Fsp3) is 0.0333. The molecule has 0 saturated carbocycles. The number of esters is 1. The molecule has 0 fully saturated rings. The highest BCUT2D eigenvalue weighted by Crippen LogP contribution is 2.33. The topological polar surface area (TPSA) is 83.6 Å². The first-order valence-electron chi connectivity index (χ1n) is 11.7. The molecule has 0 aliphatic rings. The first-order chi connectivity index (χ1) is 18.4. The predicted molar refractivity (Wildman–Crippen MR) is 154 cm³/mol. The summed E-state index contributed by atoms with van der Waals surface area (Å²) in [5, 5.41) is 5.63. The van der Waals surface area contributed by atoms with Gasteiger partial charge in [0, 0.05) is 31.5 Å². The molecule has 1 heterocycles. The number of hydrogen-bond donors (Lipinski definition) is 2. The number of halogens is 2. The Bertz CT molecular complexity index is 1680. The summed E-state index contributed by atoms with van der Waals surface area (Å²) in [7, 11) is 0. The molecule has 188 valence electrons. The molecular weight excluding hydrogens is 566 g/mol. The normalized spacial score (nSPS) is 11.1. The highest BCUT2D eigenvalue weighted by molar-refractivity contribution is 9.10. The fourth-order valence-electron chi connectivity index (χ4n) is 4.05. The van der Waals surface area contributed by atoms with E-state index in [4.69, 9.17) is 16.3 Å². The molecule has 0 saturated heterocycles. The first-order valence-corrected chi connectivity index (χ1v) is 12.8. The largest absolute Gasteiger partial charge is 0.422 e. The maximum atomic E-state index is 13.3. The molecule has 0 radical (unpaired) electrons. The second-order valence-electron chi connectivity index (χ2n) is 8.57. The molecule has 1 aromatic heterocycles. The van der Waals surface area contributed by atoms with Crippen molar-refractivity contribution in [1.82, 2.24) is 10.4 Å². The highest BCUT2D eigenvalue weighted by atomic mass is 79.9. The Labute approximate surface area is 232 Å². The van der Waals surface area contributed by atoms with Gasteiger partial charge in [-0.05, 0) is 67.1 Å². The molecule has 4 aromatic carbocycles. The van der Waals surface area contributed by atoms with Gasteiger partial charge in [-0.25, -0.2) is 10.2 Å². The van der Waals surface area contributed by atoms with E-state index >= 15 is 0 Å². The number of ether oxygens (including phenoxy) is 1. The van der Waals surface area contributed by atoms with Crippen LogP contribution in [0, 0.1) is 6.92 Å². The van der Waals surface area contributed by atoms with E-state index in [-0.39, 0.29) is 5.75 Å². The number of aromatic nitrogens is 1. The number of amides is 1. The minimum Gasteiger partial charge on any atom is -0.422 e. The van der Waals surface area contributed by atoms with Crippen LogP contribution >= 0.6 is 27.5 Å². The molecule has 0 spiro atoms. The fourth-order valence-corrected chi connectivity index (χ4v) is 4.56. The van der Waals surface area contributed by atoms with Crippen LogP contribution in [0.25, 0.3) is 22.0 Å². The van der Waals surface area contributed by atoms with Gasteiger partial charge in [-0.2, -0.15) is 5.10 Å². The van der Waals surface area contributed by atoms with E-state index in [1.54, 1.807) is 42.5 Å². The molecule has 2 N–H and O–H groups in total. The lowest BCUT2D eigenvalue weighted by atomic mass is 10.0. The lowest BCUT2D eigenvalue weighted by Crippen LogP contribution is -2.19. The number of carbonyl (C=O) groups excluding carboxylic acids is 2. The van der Waals surface area contributed by atoms with Crippen LogP contribution in [0.5, 0.6) is 5.75 Å². The summed E-state index contributed by atoms with van der Waals surface area (Å²) in [5.74, 6) is -0.649. The van der Waals surface area contributed by atoms with Crippen molar-refractivity contribution in [2.24, 2.45) is 5.10 Å². The Morgan fingerprint density at radius 2 is 1.74 bits per heavy atom. The van der Waals surface area contributed by atoms with Crippen LogP contribution in [0.1, 0.15) is 32.0 Å². The second kappa shape index (κ2) is 11.0. The quantitative estimate of drug-likeness (QED) is 0.0933. The number of H-pyrrole nitrogens is 1. The van der Waals surface area contributed by atoms with Crippen LogP contribution in [0.3, 0.4) is 0 Å². The minimum atomic E-state index is -0.538. The molecule has 1 amide bonds. The van der Waals surface area contributed by atoms with E-state index < -0.39 is 11.9 Å². The van der Waals surface area contributed by atoms with Gasteiger partial charge < -0.3 is 9.72 Å². The third-order valence-electron chi connectivity index (χ3n) is 5.87. The Morgan fingerprint density at radius 3 is 2.50 bits per heavy atom. The van der Waals surface area contributed by atoms with Crippen LogP contribution in [0.4, 0.5) is 0 Å². The van der Waals surface area contributed by atoms with Gasteiger partial charge >= 0.3 is 5.97 Å². The summed E-state index contributed by atoms with van der Waals surface area (Å²) in [5.41, 5.74) is 7.52. The Balaban J connectivity index is 1.41. The maximum Gasteiger partial charge on any atom is 0.343 e. The molecule has 0 aliphatic carbocycles. The standard InChI is InChI=1S/C30H21BrClN3O3/c1-18-7-13-25-24(15-18)27(19-5-3-2-4-6-19)28(34-25)29(36)35-33-17-21-16-22(31)10-14-26(21)38-30(37)20-8-11-23(32)12-9-20/h2-17,34H,1H3,(H,35,36). The predicted octanol–water partition coefficient (Wildman–Crippen LogP) is 7.54. The first kappa shape index (κ1) is 25.4. The molecule has 0 unspecified atom stereocenters. The highest BCUT2D eigenvalue weighted by Gasteiger charge is 2.19. The Kier molecular flexibility index (Phi) is 7.40. The molecule has 6 nitrogen and oxygen atoms in total. The zero-order valence-corrected chi connectivity index (χ0v) is 22.5. The van der Waals surface area contributed by atoms with Crippen molar-refractivity contribution in [2.75, 3.05) is 0 Å². The van der Waals surface area contributed by atoms with Crippen molar-refractivity contribution in [3.63, 3.8) is 0 Å². The van der Waals surface area contributed by atoms with E-state index in [9.17, 15) is 9.59 Å². The molecule has 0 atom stereocenters. The lowest BCUT2D eigenvalue weighted by molar-refractivity contribution is 0.0734. The van der Waals surface area contributed by atoms with E-state index in [1.807, 2.05) is 49.4 Å². The monoisotopic (exact) mass is 585 g/mol. The lowest BCUT2D eigenvalue weighted by Gasteiger charge is -2.08. The number of benzene rings is 4. The molecule has 0 bridgehead atoms. The van der Waals surface area contributed by atoms with Crippen molar-refractivity contribution >= 4 is 56.5 Å². The summed E-state index contributed by atoms with van der Waals surface area (Å²) >= 11 is 9.33. The average molecular weight is 587 g/mol. The Hall–Kier alpha value is -4.20. The average Bonchev–Trinajstić information content (AvgIpc) is 3.29. The molecule has 0 aliphatic heterocycles. The number of fused-ring (bicyclic) bond motifs is 1. The van der Waals surface area contributed by atoms with Gasteiger partial charge in [-0.15, -0.1) is 0 Å². The SMILES string of the molecule is Cc1ccc2[nH]c(C(=O)NN=Cc3cc(Br)ccc3OC(=O)c3ccc(Cl)cc3)c(-c3ccccc3)c2c1. The van der Waals surface area contributed by atoms with E-state index in [2.05, 4.69) is 37.5 Å². The van der Waals surface area contributed by atoms with E-state index in [0.717, 1.165) is 32.1 Å². The van der Waals surface area contributed by atoms with Crippen LogP contribution in [-0.2, 0) is 0 Å². The van der Waals surface area contributed by atoms with E-state index in [1.165, 1.54) is 6.21 Å². The molecule has 38 heavy (non-hydrogen) atoms. The summed E-state index contributed by atoms with van der Waals surface area (Å²) < 4.78 is 6.34. The molecule has 5 rings (SSSR count). The number of hydrazone groups is 1. The van der Waals surface area contributed by atoms with Gasteiger partial charge in [0.2, 0.25) is 0 Å². The number of aryl methyl sites for hydroxylation is 1. The van der Waals surface area contributed by atoms with Crippen LogP contribution in [-0.4, -0.2) is 23.1 Å². The molecule has 5 aromatic rings. The van der Waals surface area contributed by atoms with Gasteiger partial charge in [0.15, 0.2) is 0 Å². The smallest absolute Gasteiger partial charge is 0.343 e. The van der Waals surface area contributed by atoms with Crippen molar-refractivity contribution in [3.05, 3.63) is 123 Å². The van der Waals surface area contributed by atoms with Gasteiger partial charge in [-0.1, -0.05) is 69.5 Å². The van der Waals surface area contributed by atoms with Crippen molar-refractivity contribution in [3.8, 4) is 16.9 Å². The van der Waals surface area contributed by atoms with E-state index in [0.29, 0.717) is 21.8 Å². The van der Waals surface area contributed by atoms with Crippen LogP contribution in [0.15, 0.2) is 101 Å².